The molecular weight excluding hydrogens is 286 g/mol. The molecule has 0 rings (SSSR count). The Morgan fingerprint density at radius 1 is 0.769 bits per heavy atom. The summed E-state index contributed by atoms with van der Waals surface area (Å²) in [5.74, 6) is 0. The first-order valence-electron chi connectivity index (χ1n) is 3.89. The van der Waals surface area contributed by atoms with Gasteiger partial charge in [0.2, 0.25) is 16.6 Å². The lowest BCUT2D eigenvalue weighted by Gasteiger charge is -2.33. The van der Waals surface area contributed by atoms with E-state index in [1.807, 2.05) is 13.1 Å². The molecule has 0 radical (unpaired) electrons. The molecule has 0 aliphatic rings. The summed E-state index contributed by atoms with van der Waals surface area (Å²) in [4.78, 5) is 0. The van der Waals surface area contributed by atoms with Gasteiger partial charge in [-0.15, -0.1) is 46.4 Å². The summed E-state index contributed by atoms with van der Waals surface area (Å²) in [7, 11) is -3.90. The van der Waals surface area contributed by atoms with E-state index in [-0.39, 0.29) is 0 Å². The number of alkyl halides is 4. The first-order chi connectivity index (χ1) is 5.95. The maximum atomic E-state index is 5.97. The van der Waals surface area contributed by atoms with E-state index in [4.69, 9.17) is 50.5 Å². The number of rotatable bonds is 6. The van der Waals surface area contributed by atoms with Crippen LogP contribution in [0.3, 0.4) is 0 Å². The maximum absolute atomic E-state index is 5.97. The standard InChI is InChI=1S/C6H14Cl4OSi2/c1-12(3-7,4-8)11-13(2,5-9)6-10/h3-6H2,1-2H3. The van der Waals surface area contributed by atoms with E-state index >= 15 is 0 Å². The van der Waals surface area contributed by atoms with Gasteiger partial charge >= 0.3 is 0 Å². The highest BCUT2D eigenvalue weighted by Crippen LogP contribution is 2.19. The molecule has 0 heterocycles. The van der Waals surface area contributed by atoms with Gasteiger partial charge in [0.05, 0.1) is 0 Å². The summed E-state index contributed by atoms with van der Waals surface area (Å²) in [6.45, 7) is 4.02. The fourth-order valence-electron chi connectivity index (χ4n) is 0.775. The van der Waals surface area contributed by atoms with E-state index in [2.05, 4.69) is 0 Å². The predicted molar refractivity (Wildman–Crippen MR) is 67.2 cm³/mol. The van der Waals surface area contributed by atoms with Crippen LogP contribution in [0.4, 0.5) is 0 Å². The molecule has 0 bridgehead atoms. The summed E-state index contributed by atoms with van der Waals surface area (Å²) in [5.41, 5.74) is 1.97. The Kier molecular flexibility index (Phi) is 6.95. The van der Waals surface area contributed by atoms with Crippen molar-refractivity contribution < 1.29 is 4.12 Å². The zero-order valence-corrected chi connectivity index (χ0v) is 12.8. The van der Waals surface area contributed by atoms with E-state index in [0.717, 1.165) is 0 Å². The molecule has 80 valence electrons. The molecule has 0 aliphatic heterocycles. The molecule has 13 heavy (non-hydrogen) atoms. The van der Waals surface area contributed by atoms with Crippen LogP contribution in [0.5, 0.6) is 0 Å². The fraction of sp³-hybridized carbons (Fsp3) is 1.00. The lowest BCUT2D eigenvalue weighted by atomic mass is 11.8. The number of halogens is 4. The first-order valence-corrected chi connectivity index (χ1v) is 11.7. The van der Waals surface area contributed by atoms with Crippen LogP contribution < -0.4 is 0 Å². The highest BCUT2D eigenvalue weighted by molar-refractivity contribution is 6.95. The van der Waals surface area contributed by atoms with Crippen molar-refractivity contribution in [2.75, 3.05) is 22.0 Å². The Bertz CT molecular complexity index is 134. The van der Waals surface area contributed by atoms with E-state index < -0.39 is 16.6 Å². The molecule has 1 nitrogen and oxygen atoms in total. The van der Waals surface area contributed by atoms with Crippen molar-refractivity contribution in [3.63, 3.8) is 0 Å². The molecule has 0 atom stereocenters. The average Bonchev–Trinajstić information content (AvgIpc) is 2.17. The molecule has 0 aromatic rings. The second-order valence-electron chi connectivity index (χ2n) is 3.54. The smallest absolute Gasteiger partial charge is 0.206 e. The van der Waals surface area contributed by atoms with E-state index in [0.29, 0.717) is 22.0 Å². The monoisotopic (exact) mass is 298 g/mol. The average molecular weight is 300 g/mol. The van der Waals surface area contributed by atoms with Crippen LogP contribution >= 0.6 is 46.4 Å². The third kappa shape index (κ3) is 4.73. The summed E-state index contributed by atoms with van der Waals surface area (Å²) in [6, 6.07) is 0. The quantitative estimate of drug-likeness (QED) is 0.540. The van der Waals surface area contributed by atoms with Gasteiger partial charge in [-0.1, -0.05) is 0 Å². The van der Waals surface area contributed by atoms with Crippen molar-refractivity contribution in [1.29, 1.82) is 0 Å². The van der Waals surface area contributed by atoms with Gasteiger partial charge in [-0.05, 0) is 13.1 Å². The molecular formula is C6H14Cl4OSi2. The van der Waals surface area contributed by atoms with Crippen molar-refractivity contribution in [3.8, 4) is 0 Å². The summed E-state index contributed by atoms with van der Waals surface area (Å²) in [5, 5.41) is 0. The largest absolute Gasteiger partial charge is 0.452 e. The molecule has 0 spiro atoms. The minimum absolute atomic E-state index is 0.493. The molecule has 0 fully saturated rings. The molecule has 0 aromatic carbocycles. The molecule has 0 saturated carbocycles. The third-order valence-electron chi connectivity index (χ3n) is 1.62. The van der Waals surface area contributed by atoms with E-state index in [1.165, 1.54) is 0 Å². The Morgan fingerprint density at radius 3 is 1.15 bits per heavy atom. The zero-order valence-electron chi connectivity index (χ0n) is 7.75. The summed E-state index contributed by atoms with van der Waals surface area (Å²) < 4.78 is 5.97. The van der Waals surface area contributed by atoms with Crippen molar-refractivity contribution in [2.24, 2.45) is 0 Å². The minimum atomic E-state index is -1.95. The van der Waals surface area contributed by atoms with Crippen LogP contribution in [0, 0.1) is 0 Å². The molecule has 0 amide bonds. The van der Waals surface area contributed by atoms with Gasteiger partial charge in [-0.2, -0.15) is 0 Å². The van der Waals surface area contributed by atoms with Gasteiger partial charge in [0, 0.05) is 22.0 Å². The van der Waals surface area contributed by atoms with Gasteiger partial charge in [-0.3, -0.25) is 0 Å². The van der Waals surface area contributed by atoms with E-state index in [9.17, 15) is 0 Å². The molecule has 0 N–H and O–H groups in total. The summed E-state index contributed by atoms with van der Waals surface area (Å²) in [6.07, 6.45) is 0. The van der Waals surface area contributed by atoms with Crippen LogP contribution in [-0.2, 0) is 4.12 Å². The van der Waals surface area contributed by atoms with Crippen LogP contribution in [-0.4, -0.2) is 38.6 Å². The Labute approximate surface area is 102 Å². The van der Waals surface area contributed by atoms with Crippen LogP contribution in [0.2, 0.25) is 13.1 Å². The molecule has 0 aromatic heterocycles. The highest BCUT2D eigenvalue weighted by atomic mass is 35.5. The van der Waals surface area contributed by atoms with Crippen molar-refractivity contribution >= 4 is 63.0 Å². The lowest BCUT2D eigenvalue weighted by Crippen LogP contribution is -2.54. The first kappa shape index (κ1) is 14.6. The van der Waals surface area contributed by atoms with Gasteiger partial charge < -0.3 is 4.12 Å². The molecule has 0 unspecified atom stereocenters. The molecule has 0 aliphatic carbocycles. The second-order valence-corrected chi connectivity index (χ2v) is 14.4. The van der Waals surface area contributed by atoms with Gasteiger partial charge in [-0.25, -0.2) is 0 Å². The van der Waals surface area contributed by atoms with Gasteiger partial charge in [0.1, 0.15) is 0 Å². The van der Waals surface area contributed by atoms with E-state index in [1.54, 1.807) is 0 Å². The SMILES string of the molecule is C[Si](CCl)(CCl)O[Si](C)(CCl)CCl. The summed E-state index contributed by atoms with van der Waals surface area (Å²) >= 11 is 23.3. The van der Waals surface area contributed by atoms with Crippen LogP contribution in [0.1, 0.15) is 0 Å². The lowest BCUT2D eigenvalue weighted by molar-refractivity contribution is 0.552. The van der Waals surface area contributed by atoms with Crippen LogP contribution in [0.15, 0.2) is 0 Å². The predicted octanol–water partition coefficient (Wildman–Crippen LogP) is 3.27. The number of hydrogen-bond donors (Lipinski definition) is 0. The Hall–Kier alpha value is 1.55. The van der Waals surface area contributed by atoms with Crippen molar-refractivity contribution in [2.45, 2.75) is 13.1 Å². The Morgan fingerprint density at radius 2 is 1.00 bits per heavy atom. The number of hydrogen-bond acceptors (Lipinski definition) is 1. The Balaban J connectivity index is 4.36. The highest BCUT2D eigenvalue weighted by Gasteiger charge is 2.37. The van der Waals surface area contributed by atoms with Gasteiger partial charge in [0.15, 0.2) is 0 Å². The second kappa shape index (κ2) is 6.21. The molecule has 7 heteroatoms. The minimum Gasteiger partial charge on any atom is -0.452 e. The van der Waals surface area contributed by atoms with Crippen molar-refractivity contribution in [1.82, 2.24) is 0 Å². The zero-order chi connectivity index (χ0) is 10.5. The molecule has 0 saturated heterocycles. The maximum Gasteiger partial charge on any atom is 0.206 e. The van der Waals surface area contributed by atoms with Crippen molar-refractivity contribution in [3.05, 3.63) is 0 Å². The normalized spacial score (nSPS) is 13.4. The van der Waals surface area contributed by atoms with Crippen LogP contribution in [0.25, 0.3) is 0 Å². The topological polar surface area (TPSA) is 9.23 Å². The third-order valence-corrected chi connectivity index (χ3v) is 14.6. The van der Waals surface area contributed by atoms with Gasteiger partial charge in [0.25, 0.3) is 0 Å². The fourth-order valence-corrected chi connectivity index (χ4v) is 10.2.